The number of nitrogens with one attached hydrogen (secondary N) is 1. The van der Waals surface area contributed by atoms with Crippen molar-refractivity contribution < 1.29 is 27.5 Å². The van der Waals surface area contributed by atoms with E-state index in [4.69, 9.17) is 4.74 Å². The van der Waals surface area contributed by atoms with Crippen LogP contribution in [-0.4, -0.2) is 60.5 Å². The molecular formula is C34H33F3N8O3. The molecular weight excluding hydrogens is 625 g/mol. The average Bonchev–Trinajstić information content (AvgIpc) is 3.66. The largest absolute Gasteiger partial charge is 0.444 e. The first kappa shape index (κ1) is 33.6. The van der Waals surface area contributed by atoms with E-state index in [1.54, 1.807) is 88.2 Å². The molecule has 48 heavy (non-hydrogen) atoms. The van der Waals surface area contributed by atoms with Gasteiger partial charge in [-0.05, 0) is 87.7 Å². The molecule has 0 saturated heterocycles. The summed E-state index contributed by atoms with van der Waals surface area (Å²) in [6.07, 6.45) is -1.41. The van der Waals surface area contributed by atoms with Crippen LogP contribution in [0, 0.1) is 18.3 Å². The lowest BCUT2D eigenvalue weighted by atomic mass is 9.95. The lowest BCUT2D eigenvalue weighted by molar-refractivity contribution is -0.137. The number of alkyl halides is 3. The Hall–Kier alpha value is -5.71. The number of hydrogen-bond donors (Lipinski definition) is 1. The van der Waals surface area contributed by atoms with E-state index in [9.17, 15) is 28.0 Å². The molecule has 2 aromatic carbocycles. The van der Waals surface area contributed by atoms with Crippen LogP contribution in [0.2, 0.25) is 0 Å². The molecule has 0 radical (unpaired) electrons. The van der Waals surface area contributed by atoms with E-state index in [0.717, 1.165) is 12.1 Å². The van der Waals surface area contributed by atoms with Crippen molar-refractivity contribution in [2.45, 2.75) is 52.3 Å². The molecule has 0 aliphatic rings. The molecule has 3 heterocycles. The van der Waals surface area contributed by atoms with Gasteiger partial charge in [0.25, 0.3) is 0 Å². The van der Waals surface area contributed by atoms with Crippen molar-refractivity contribution in [1.82, 2.24) is 29.3 Å². The summed E-state index contributed by atoms with van der Waals surface area (Å²) in [5, 5.41) is 20.8. The summed E-state index contributed by atoms with van der Waals surface area (Å²) in [5.74, 6) is -0.439. The second-order valence-electron chi connectivity index (χ2n) is 12.2. The predicted molar refractivity (Wildman–Crippen MR) is 172 cm³/mol. The monoisotopic (exact) mass is 658 g/mol. The number of nitrogens with zero attached hydrogens (tertiary/aromatic N) is 7. The highest BCUT2D eigenvalue weighted by atomic mass is 19.4. The number of amides is 2. The molecule has 0 aliphatic heterocycles. The van der Waals surface area contributed by atoms with Gasteiger partial charge in [0.15, 0.2) is 5.65 Å². The molecule has 0 fully saturated rings. The Morgan fingerprint density at radius 3 is 2.48 bits per heavy atom. The average molecular weight is 659 g/mol. The highest BCUT2D eigenvalue weighted by Crippen LogP contribution is 2.38. The van der Waals surface area contributed by atoms with Gasteiger partial charge in [0, 0.05) is 37.3 Å². The molecule has 5 rings (SSSR count). The Kier molecular flexibility index (Phi) is 9.24. The van der Waals surface area contributed by atoms with Crippen LogP contribution in [0.15, 0.2) is 67.0 Å². The van der Waals surface area contributed by atoms with E-state index in [0.29, 0.717) is 40.1 Å². The maximum absolute atomic E-state index is 13.8. The second-order valence-corrected chi connectivity index (χ2v) is 12.2. The van der Waals surface area contributed by atoms with Crippen LogP contribution in [0.4, 0.5) is 23.9 Å². The minimum absolute atomic E-state index is 0.0362. The van der Waals surface area contributed by atoms with Crippen LogP contribution < -0.4 is 5.32 Å². The molecule has 14 heteroatoms. The number of pyridine rings is 1. The Morgan fingerprint density at radius 1 is 1.08 bits per heavy atom. The Labute approximate surface area is 274 Å². The molecule has 248 valence electrons. The number of benzene rings is 2. The molecule has 2 amide bonds. The van der Waals surface area contributed by atoms with Crippen molar-refractivity contribution in [2.75, 3.05) is 18.9 Å². The fourth-order valence-corrected chi connectivity index (χ4v) is 5.10. The van der Waals surface area contributed by atoms with Crippen molar-refractivity contribution in [3.8, 4) is 34.1 Å². The van der Waals surface area contributed by atoms with E-state index in [1.165, 1.54) is 15.5 Å². The first-order chi connectivity index (χ1) is 22.6. The highest BCUT2D eigenvalue weighted by Gasteiger charge is 2.31. The molecule has 3 aromatic heterocycles. The molecule has 5 aromatic rings. The third-order valence-corrected chi connectivity index (χ3v) is 7.38. The fraction of sp³-hybridized carbons (Fsp3) is 0.294. The van der Waals surface area contributed by atoms with Crippen LogP contribution in [0.1, 0.15) is 50.3 Å². The highest BCUT2D eigenvalue weighted by molar-refractivity contribution is 5.91. The number of nitriles is 1. The van der Waals surface area contributed by atoms with E-state index in [2.05, 4.69) is 26.6 Å². The van der Waals surface area contributed by atoms with Gasteiger partial charge < -0.3 is 9.64 Å². The van der Waals surface area contributed by atoms with Crippen LogP contribution in [0.25, 0.3) is 33.7 Å². The van der Waals surface area contributed by atoms with Gasteiger partial charge in [0.1, 0.15) is 5.60 Å². The molecule has 0 spiro atoms. The molecule has 0 aliphatic carbocycles. The van der Waals surface area contributed by atoms with Crippen molar-refractivity contribution in [2.24, 2.45) is 0 Å². The molecule has 0 bridgehead atoms. The number of ether oxygens (including phenoxy) is 1. The van der Waals surface area contributed by atoms with Gasteiger partial charge in [-0.3, -0.25) is 10.1 Å². The van der Waals surface area contributed by atoms with E-state index in [1.807, 2.05) is 0 Å². The summed E-state index contributed by atoms with van der Waals surface area (Å²) in [6.45, 7) is 7.34. The first-order valence-electron chi connectivity index (χ1n) is 15.0. The number of aromatic nitrogens is 5. The quantitative estimate of drug-likeness (QED) is 0.189. The van der Waals surface area contributed by atoms with Gasteiger partial charge in [-0.25, -0.2) is 14.0 Å². The smallest absolute Gasteiger partial charge is 0.416 e. The maximum Gasteiger partial charge on any atom is 0.416 e. The van der Waals surface area contributed by atoms with Crippen LogP contribution >= 0.6 is 0 Å². The van der Waals surface area contributed by atoms with Gasteiger partial charge in [0.05, 0.1) is 34.8 Å². The Morgan fingerprint density at radius 2 is 1.81 bits per heavy atom. The predicted octanol–water partition coefficient (Wildman–Crippen LogP) is 7.03. The number of carbonyl (C=O) groups excluding carboxylic acids is 2. The molecule has 1 N–H and O–H groups in total. The minimum Gasteiger partial charge on any atom is -0.444 e. The van der Waals surface area contributed by atoms with Crippen LogP contribution in [-0.2, 0) is 15.7 Å². The number of fused-ring (bicyclic) bond motifs is 1. The van der Waals surface area contributed by atoms with E-state index < -0.39 is 29.3 Å². The van der Waals surface area contributed by atoms with Gasteiger partial charge in [-0.1, -0.05) is 12.1 Å². The first-order valence-corrected chi connectivity index (χ1v) is 15.0. The SMILES string of the molecule is Cc1c(-c2ccnn2-c2ccc(C#N)cc2)cn2nc(NC(=O)CCCN(C)C(=O)OC(C)(C)C)nc2c1-c1cccc(C(F)(F)F)c1. The molecule has 0 saturated carbocycles. The van der Waals surface area contributed by atoms with Crippen LogP contribution in [0.3, 0.4) is 0 Å². The summed E-state index contributed by atoms with van der Waals surface area (Å²) in [4.78, 5) is 31.0. The maximum atomic E-state index is 13.8. The van der Waals surface area contributed by atoms with Gasteiger partial charge in [-0.2, -0.15) is 28.5 Å². The summed E-state index contributed by atoms with van der Waals surface area (Å²) in [5.41, 5.74) is 2.37. The van der Waals surface area contributed by atoms with Gasteiger partial charge >= 0.3 is 12.3 Å². The molecule has 0 unspecified atom stereocenters. The topological polar surface area (TPSA) is 130 Å². The van der Waals surface area contributed by atoms with Gasteiger partial charge in [0.2, 0.25) is 11.9 Å². The summed E-state index contributed by atoms with van der Waals surface area (Å²) >= 11 is 0. The zero-order chi connectivity index (χ0) is 34.8. The lowest BCUT2D eigenvalue weighted by Crippen LogP contribution is -2.35. The van der Waals surface area contributed by atoms with Gasteiger partial charge in [-0.15, -0.1) is 5.10 Å². The number of anilines is 1. The van der Waals surface area contributed by atoms with Crippen molar-refractivity contribution in [3.05, 3.63) is 83.7 Å². The summed E-state index contributed by atoms with van der Waals surface area (Å²) in [7, 11) is 1.58. The summed E-state index contributed by atoms with van der Waals surface area (Å²) in [6, 6.07) is 15.6. The molecule has 0 atom stereocenters. The van der Waals surface area contributed by atoms with Crippen molar-refractivity contribution in [3.63, 3.8) is 0 Å². The Bertz CT molecular complexity index is 2020. The zero-order valence-corrected chi connectivity index (χ0v) is 27.0. The minimum atomic E-state index is -4.57. The third kappa shape index (κ3) is 7.46. The van der Waals surface area contributed by atoms with E-state index >= 15 is 0 Å². The third-order valence-electron chi connectivity index (χ3n) is 7.38. The number of rotatable bonds is 8. The van der Waals surface area contributed by atoms with Crippen molar-refractivity contribution >= 4 is 23.6 Å². The standard InChI is InChI=1S/C34H33F3N8O3/c1-21-26(27-15-16-39-45(27)25-13-11-22(19-38)12-14-25)20-44-30(29(21)23-8-6-9-24(18-23)34(35,36)37)41-31(42-44)40-28(46)10-7-17-43(5)32(47)48-33(2,3)4/h6,8-9,11-16,18,20H,7,10,17H2,1-5H3,(H,40,42,46). The van der Waals surface area contributed by atoms with Crippen LogP contribution in [0.5, 0.6) is 0 Å². The van der Waals surface area contributed by atoms with E-state index in [-0.39, 0.29) is 30.1 Å². The second kappa shape index (κ2) is 13.2. The summed E-state index contributed by atoms with van der Waals surface area (Å²) < 4.78 is 49.7. The van der Waals surface area contributed by atoms with Crippen molar-refractivity contribution in [1.29, 1.82) is 5.26 Å². The zero-order valence-electron chi connectivity index (χ0n) is 27.0. The number of carbonyl (C=O) groups is 2. The normalized spacial score (nSPS) is 11.7. The lowest BCUT2D eigenvalue weighted by Gasteiger charge is -2.24. The Balaban J connectivity index is 1.50. The number of hydrogen-bond acceptors (Lipinski definition) is 7. The fourth-order valence-electron chi connectivity index (χ4n) is 5.10. The molecule has 11 nitrogen and oxygen atoms in total. The number of halogens is 3.